The van der Waals surface area contributed by atoms with Gasteiger partial charge < -0.3 is 4.90 Å². The van der Waals surface area contributed by atoms with Crippen LogP contribution in [-0.2, 0) is 11.3 Å². The minimum Gasteiger partial charge on any atom is -0.301 e. The highest BCUT2D eigenvalue weighted by molar-refractivity contribution is 7.07. The number of thiophene rings is 1. The van der Waals surface area contributed by atoms with E-state index in [1.165, 1.54) is 5.56 Å². The van der Waals surface area contributed by atoms with E-state index in [0.29, 0.717) is 11.2 Å². The van der Waals surface area contributed by atoms with E-state index in [-0.39, 0.29) is 5.92 Å². The third-order valence-electron chi connectivity index (χ3n) is 3.87. The lowest BCUT2D eigenvalue weighted by Gasteiger charge is -2.35. The van der Waals surface area contributed by atoms with Crippen LogP contribution in [0.5, 0.6) is 0 Å². The zero-order valence-electron chi connectivity index (χ0n) is 11.6. The highest BCUT2D eigenvalue weighted by Crippen LogP contribution is 2.37. The summed E-state index contributed by atoms with van der Waals surface area (Å²) in [7, 11) is 2.12. The second-order valence-electron chi connectivity index (χ2n) is 6.36. The van der Waals surface area contributed by atoms with Crippen LogP contribution in [0.1, 0.15) is 38.7 Å². The van der Waals surface area contributed by atoms with Crippen LogP contribution < -0.4 is 0 Å². The first kappa shape index (κ1) is 13.8. The smallest absolute Gasteiger partial charge is 0.137 e. The van der Waals surface area contributed by atoms with Gasteiger partial charge in [0.05, 0.1) is 0 Å². The fourth-order valence-electron chi connectivity index (χ4n) is 2.85. The number of hydrogen-bond acceptors (Lipinski definition) is 3. The van der Waals surface area contributed by atoms with Crippen molar-refractivity contribution in [2.75, 3.05) is 13.6 Å². The first-order valence-corrected chi connectivity index (χ1v) is 7.63. The minimum absolute atomic E-state index is 0.234. The zero-order valence-corrected chi connectivity index (χ0v) is 12.4. The van der Waals surface area contributed by atoms with Gasteiger partial charge in [0, 0.05) is 25.4 Å². The second-order valence-corrected chi connectivity index (χ2v) is 7.14. The lowest BCUT2D eigenvalue weighted by Crippen LogP contribution is -2.37. The highest BCUT2D eigenvalue weighted by atomic mass is 32.1. The largest absolute Gasteiger partial charge is 0.301 e. The number of rotatable bonds is 4. The van der Waals surface area contributed by atoms with Gasteiger partial charge in [0.25, 0.3) is 0 Å². The fourth-order valence-corrected chi connectivity index (χ4v) is 3.51. The molecule has 0 aromatic carbocycles. The summed E-state index contributed by atoms with van der Waals surface area (Å²) in [6.07, 6.45) is 2.86. The second kappa shape index (κ2) is 5.54. The molecule has 1 fully saturated rings. The van der Waals surface area contributed by atoms with Crippen molar-refractivity contribution in [3.8, 4) is 0 Å². The molecule has 1 aliphatic rings. The Morgan fingerprint density at radius 3 is 2.94 bits per heavy atom. The number of hydrogen-bond donors (Lipinski definition) is 0. The molecule has 3 heteroatoms. The average molecular weight is 265 g/mol. The van der Waals surface area contributed by atoms with E-state index in [9.17, 15) is 4.79 Å². The fraction of sp³-hybridized carbons (Fsp3) is 0.667. The van der Waals surface area contributed by atoms with Gasteiger partial charge in [0.15, 0.2) is 0 Å². The van der Waals surface area contributed by atoms with Crippen molar-refractivity contribution in [1.29, 1.82) is 0 Å². The molecule has 0 radical (unpaired) electrons. The van der Waals surface area contributed by atoms with Crippen LogP contribution in [0.15, 0.2) is 16.8 Å². The van der Waals surface area contributed by atoms with Crippen molar-refractivity contribution >= 4 is 17.1 Å². The van der Waals surface area contributed by atoms with Gasteiger partial charge in [0.2, 0.25) is 0 Å². The van der Waals surface area contributed by atoms with Gasteiger partial charge in [-0.1, -0.05) is 13.8 Å². The molecule has 1 aromatic heterocycles. The average Bonchev–Trinajstić information content (AvgIpc) is 2.76. The van der Waals surface area contributed by atoms with Crippen molar-refractivity contribution in [2.24, 2.45) is 11.3 Å². The van der Waals surface area contributed by atoms with Crippen LogP contribution in [-0.4, -0.2) is 24.3 Å². The lowest BCUT2D eigenvalue weighted by atomic mass is 9.71. The van der Waals surface area contributed by atoms with Gasteiger partial charge in [-0.3, -0.25) is 4.79 Å². The molecule has 1 aromatic rings. The Balaban J connectivity index is 1.89. The van der Waals surface area contributed by atoms with E-state index in [4.69, 9.17) is 0 Å². The van der Waals surface area contributed by atoms with E-state index in [0.717, 1.165) is 32.4 Å². The van der Waals surface area contributed by atoms with Crippen molar-refractivity contribution in [1.82, 2.24) is 4.90 Å². The number of carbonyl (C=O) groups excluding carboxylic acids is 1. The van der Waals surface area contributed by atoms with Gasteiger partial charge in [-0.25, -0.2) is 0 Å². The summed E-state index contributed by atoms with van der Waals surface area (Å²) in [6.45, 7) is 6.42. The maximum atomic E-state index is 12.0. The Kier molecular flexibility index (Phi) is 4.23. The molecular weight excluding hydrogens is 242 g/mol. The molecule has 18 heavy (non-hydrogen) atoms. The number of ketones is 1. The first-order valence-electron chi connectivity index (χ1n) is 6.69. The third-order valence-corrected chi connectivity index (χ3v) is 4.60. The summed E-state index contributed by atoms with van der Waals surface area (Å²) < 4.78 is 0. The molecule has 1 heterocycles. The molecule has 0 N–H and O–H groups in total. The Morgan fingerprint density at radius 1 is 1.50 bits per heavy atom. The molecule has 0 saturated heterocycles. The molecule has 2 rings (SSSR count). The molecule has 1 unspecified atom stereocenters. The molecule has 0 aliphatic heterocycles. The number of nitrogens with zero attached hydrogens (tertiary/aromatic N) is 1. The molecule has 0 amide bonds. The Morgan fingerprint density at radius 2 is 2.28 bits per heavy atom. The summed E-state index contributed by atoms with van der Waals surface area (Å²) in [6, 6.07) is 2.16. The SMILES string of the molecule is CN(Cc1ccsc1)CC1CC(C)(C)CCC1=O. The maximum Gasteiger partial charge on any atom is 0.137 e. The van der Waals surface area contributed by atoms with Gasteiger partial charge >= 0.3 is 0 Å². The minimum atomic E-state index is 0.234. The zero-order chi connectivity index (χ0) is 13.2. The van der Waals surface area contributed by atoms with Crippen molar-refractivity contribution < 1.29 is 4.79 Å². The van der Waals surface area contributed by atoms with E-state index in [1.807, 2.05) is 0 Å². The lowest BCUT2D eigenvalue weighted by molar-refractivity contribution is -0.127. The molecule has 1 aliphatic carbocycles. The molecule has 1 atom stereocenters. The highest BCUT2D eigenvalue weighted by Gasteiger charge is 2.33. The standard InChI is InChI=1S/C15H23NOS/c1-15(2)6-4-14(17)13(8-15)10-16(3)9-12-5-7-18-11-12/h5,7,11,13H,4,6,8-10H2,1-3H3. The van der Waals surface area contributed by atoms with Crippen LogP contribution in [0.4, 0.5) is 0 Å². The predicted octanol–water partition coefficient (Wildman–Crippen LogP) is 3.58. The van der Waals surface area contributed by atoms with Crippen molar-refractivity contribution in [2.45, 2.75) is 39.7 Å². The Labute approximate surface area is 114 Å². The number of Topliss-reactive ketones (excluding diaryl/α,β-unsaturated/α-hetero) is 1. The summed E-state index contributed by atoms with van der Waals surface area (Å²) in [5, 5.41) is 4.29. The van der Waals surface area contributed by atoms with Crippen molar-refractivity contribution in [3.05, 3.63) is 22.4 Å². The molecule has 2 nitrogen and oxygen atoms in total. The third kappa shape index (κ3) is 3.66. The predicted molar refractivity (Wildman–Crippen MR) is 76.8 cm³/mol. The summed E-state index contributed by atoms with van der Waals surface area (Å²) in [5.41, 5.74) is 1.69. The van der Waals surface area contributed by atoms with E-state index in [2.05, 4.69) is 42.6 Å². The summed E-state index contributed by atoms with van der Waals surface area (Å²) in [4.78, 5) is 14.3. The van der Waals surface area contributed by atoms with E-state index >= 15 is 0 Å². The molecule has 100 valence electrons. The Hall–Kier alpha value is -0.670. The maximum absolute atomic E-state index is 12.0. The van der Waals surface area contributed by atoms with Gasteiger partial charge in [-0.2, -0.15) is 11.3 Å². The van der Waals surface area contributed by atoms with Crippen LogP contribution in [0, 0.1) is 11.3 Å². The van der Waals surface area contributed by atoms with E-state index in [1.54, 1.807) is 11.3 Å². The van der Waals surface area contributed by atoms with Gasteiger partial charge in [0.1, 0.15) is 5.78 Å². The normalized spacial score (nSPS) is 23.6. The van der Waals surface area contributed by atoms with Gasteiger partial charge in [-0.15, -0.1) is 0 Å². The van der Waals surface area contributed by atoms with Crippen LogP contribution in [0.3, 0.4) is 0 Å². The van der Waals surface area contributed by atoms with Crippen LogP contribution in [0.2, 0.25) is 0 Å². The molecule has 0 spiro atoms. The summed E-state index contributed by atoms with van der Waals surface area (Å²) >= 11 is 1.73. The topological polar surface area (TPSA) is 20.3 Å². The quantitative estimate of drug-likeness (QED) is 0.829. The molecular formula is C15H23NOS. The van der Waals surface area contributed by atoms with Gasteiger partial charge in [-0.05, 0) is 47.7 Å². The number of carbonyl (C=O) groups is 1. The molecule has 1 saturated carbocycles. The van der Waals surface area contributed by atoms with Crippen molar-refractivity contribution in [3.63, 3.8) is 0 Å². The van der Waals surface area contributed by atoms with E-state index < -0.39 is 0 Å². The monoisotopic (exact) mass is 265 g/mol. The molecule has 0 bridgehead atoms. The summed E-state index contributed by atoms with van der Waals surface area (Å²) in [5.74, 6) is 0.698. The van der Waals surface area contributed by atoms with Crippen LogP contribution in [0.25, 0.3) is 0 Å². The first-order chi connectivity index (χ1) is 8.46. The van der Waals surface area contributed by atoms with Crippen LogP contribution >= 0.6 is 11.3 Å². The Bertz CT molecular complexity index is 397.